The summed E-state index contributed by atoms with van der Waals surface area (Å²) in [5.74, 6) is 2.42. The van der Waals surface area contributed by atoms with Crippen molar-refractivity contribution in [3.05, 3.63) is 29.8 Å². The van der Waals surface area contributed by atoms with E-state index in [-0.39, 0.29) is 5.91 Å². The van der Waals surface area contributed by atoms with E-state index in [0.29, 0.717) is 5.56 Å². The number of nitrogens with one attached hydrogen (secondary N) is 2. The molecular weight excluding hydrogens is 258 g/mol. The monoisotopic (exact) mass is 279 g/mol. The summed E-state index contributed by atoms with van der Waals surface area (Å²) in [6.45, 7) is 3.94. The maximum absolute atomic E-state index is 11.9. The molecule has 2 rings (SSSR count). The van der Waals surface area contributed by atoms with E-state index in [1.54, 1.807) is 0 Å². The molecule has 0 aliphatic carbocycles. The molecule has 104 valence electrons. The zero-order valence-corrected chi connectivity index (χ0v) is 12.1. The van der Waals surface area contributed by atoms with Crippen molar-refractivity contribution in [2.75, 3.05) is 50.0 Å². The van der Waals surface area contributed by atoms with Gasteiger partial charge in [0.25, 0.3) is 5.91 Å². The highest BCUT2D eigenvalue weighted by Crippen LogP contribution is 2.09. The molecule has 0 aromatic heterocycles. The third kappa shape index (κ3) is 4.44. The molecule has 0 spiro atoms. The van der Waals surface area contributed by atoms with Crippen molar-refractivity contribution in [3.8, 4) is 0 Å². The van der Waals surface area contributed by atoms with Crippen LogP contribution in [0, 0.1) is 0 Å². The Balaban J connectivity index is 1.73. The fourth-order valence-electron chi connectivity index (χ4n) is 2.04. The smallest absolute Gasteiger partial charge is 0.251 e. The van der Waals surface area contributed by atoms with Gasteiger partial charge in [0.05, 0.1) is 0 Å². The standard InChI is InChI=1S/C14H21N3OS/c1-15-13-4-2-12(3-5-13)14(18)16-6-7-17-8-10-19-11-9-17/h2-5,15H,6-11H2,1H3,(H,16,18). The molecule has 0 radical (unpaired) electrons. The van der Waals surface area contributed by atoms with Gasteiger partial charge in [0.2, 0.25) is 0 Å². The summed E-state index contributed by atoms with van der Waals surface area (Å²) >= 11 is 2.00. The Labute approximate surface area is 118 Å². The van der Waals surface area contributed by atoms with Gasteiger partial charge in [-0.25, -0.2) is 0 Å². The van der Waals surface area contributed by atoms with Crippen LogP contribution in [0.4, 0.5) is 5.69 Å². The molecule has 4 nitrogen and oxygen atoms in total. The van der Waals surface area contributed by atoms with Crippen LogP contribution < -0.4 is 10.6 Å². The Hall–Kier alpha value is -1.20. The molecule has 1 aromatic carbocycles. The van der Waals surface area contributed by atoms with Crippen LogP contribution in [0.15, 0.2) is 24.3 Å². The number of benzene rings is 1. The van der Waals surface area contributed by atoms with E-state index >= 15 is 0 Å². The maximum Gasteiger partial charge on any atom is 0.251 e. The fourth-order valence-corrected chi connectivity index (χ4v) is 3.02. The summed E-state index contributed by atoms with van der Waals surface area (Å²) in [6.07, 6.45) is 0. The number of carbonyl (C=O) groups excluding carboxylic acids is 1. The first-order valence-corrected chi connectivity index (χ1v) is 7.81. The van der Waals surface area contributed by atoms with Crippen LogP contribution in [0.25, 0.3) is 0 Å². The molecule has 5 heteroatoms. The van der Waals surface area contributed by atoms with Crippen LogP contribution in [0.1, 0.15) is 10.4 Å². The molecule has 0 atom stereocenters. The van der Waals surface area contributed by atoms with Gasteiger partial charge in [-0.15, -0.1) is 0 Å². The van der Waals surface area contributed by atoms with Crippen LogP contribution in [0.3, 0.4) is 0 Å². The molecule has 0 bridgehead atoms. The van der Waals surface area contributed by atoms with E-state index in [4.69, 9.17) is 0 Å². The zero-order chi connectivity index (χ0) is 13.5. The summed E-state index contributed by atoms with van der Waals surface area (Å²) in [7, 11) is 1.87. The Morgan fingerprint density at radius 1 is 1.26 bits per heavy atom. The van der Waals surface area contributed by atoms with E-state index in [1.807, 2.05) is 43.1 Å². The van der Waals surface area contributed by atoms with Gasteiger partial charge < -0.3 is 10.6 Å². The molecular formula is C14H21N3OS. The van der Waals surface area contributed by atoms with Gasteiger partial charge >= 0.3 is 0 Å². The highest BCUT2D eigenvalue weighted by Gasteiger charge is 2.10. The lowest BCUT2D eigenvalue weighted by Gasteiger charge is -2.25. The lowest BCUT2D eigenvalue weighted by Crippen LogP contribution is -2.39. The normalized spacial score (nSPS) is 16.1. The van der Waals surface area contributed by atoms with Crippen molar-refractivity contribution in [2.45, 2.75) is 0 Å². The molecule has 1 aliphatic heterocycles. The first-order chi connectivity index (χ1) is 9.29. The van der Waals surface area contributed by atoms with Gasteiger partial charge in [-0.3, -0.25) is 9.69 Å². The number of anilines is 1. The average molecular weight is 279 g/mol. The Morgan fingerprint density at radius 3 is 2.58 bits per heavy atom. The van der Waals surface area contributed by atoms with Gasteiger partial charge in [0.1, 0.15) is 0 Å². The predicted octanol–water partition coefficient (Wildman–Crippen LogP) is 1.51. The highest BCUT2D eigenvalue weighted by molar-refractivity contribution is 7.99. The second-order valence-corrected chi connectivity index (χ2v) is 5.76. The lowest BCUT2D eigenvalue weighted by atomic mass is 10.2. The molecule has 0 saturated carbocycles. The molecule has 1 heterocycles. The van der Waals surface area contributed by atoms with Gasteiger partial charge in [0, 0.05) is 56.0 Å². The average Bonchev–Trinajstić information content (AvgIpc) is 2.48. The number of nitrogens with zero attached hydrogens (tertiary/aromatic N) is 1. The number of rotatable bonds is 5. The SMILES string of the molecule is CNc1ccc(C(=O)NCCN2CCSCC2)cc1. The summed E-state index contributed by atoms with van der Waals surface area (Å²) in [6, 6.07) is 7.52. The van der Waals surface area contributed by atoms with E-state index in [1.165, 1.54) is 11.5 Å². The number of hydrogen-bond acceptors (Lipinski definition) is 4. The van der Waals surface area contributed by atoms with E-state index in [0.717, 1.165) is 31.9 Å². The number of thioether (sulfide) groups is 1. The summed E-state index contributed by atoms with van der Waals surface area (Å²) < 4.78 is 0. The molecule has 1 amide bonds. The van der Waals surface area contributed by atoms with Crippen molar-refractivity contribution in [3.63, 3.8) is 0 Å². The summed E-state index contributed by atoms with van der Waals surface area (Å²) in [5, 5.41) is 6.01. The number of amides is 1. The van der Waals surface area contributed by atoms with Crippen molar-refractivity contribution >= 4 is 23.4 Å². The summed E-state index contributed by atoms with van der Waals surface area (Å²) in [5.41, 5.74) is 1.73. The van der Waals surface area contributed by atoms with Gasteiger partial charge in [-0.05, 0) is 24.3 Å². The molecule has 1 aromatic rings. The maximum atomic E-state index is 11.9. The van der Waals surface area contributed by atoms with E-state index in [2.05, 4.69) is 15.5 Å². The van der Waals surface area contributed by atoms with Gasteiger partial charge in [0.15, 0.2) is 0 Å². The lowest BCUT2D eigenvalue weighted by molar-refractivity contribution is 0.0949. The van der Waals surface area contributed by atoms with Crippen LogP contribution in [-0.4, -0.2) is 55.5 Å². The van der Waals surface area contributed by atoms with Crippen LogP contribution in [-0.2, 0) is 0 Å². The third-order valence-corrected chi connectivity index (χ3v) is 4.20. The minimum Gasteiger partial charge on any atom is -0.388 e. The first-order valence-electron chi connectivity index (χ1n) is 6.66. The van der Waals surface area contributed by atoms with Crippen LogP contribution in [0.5, 0.6) is 0 Å². The Morgan fingerprint density at radius 2 is 1.95 bits per heavy atom. The second-order valence-electron chi connectivity index (χ2n) is 4.54. The molecule has 19 heavy (non-hydrogen) atoms. The van der Waals surface area contributed by atoms with Crippen molar-refractivity contribution in [2.24, 2.45) is 0 Å². The first kappa shape index (κ1) is 14.2. The van der Waals surface area contributed by atoms with Crippen molar-refractivity contribution in [1.82, 2.24) is 10.2 Å². The predicted molar refractivity (Wildman–Crippen MR) is 82.1 cm³/mol. The second kappa shape index (κ2) is 7.40. The topological polar surface area (TPSA) is 44.4 Å². The van der Waals surface area contributed by atoms with Crippen LogP contribution >= 0.6 is 11.8 Å². The van der Waals surface area contributed by atoms with E-state index in [9.17, 15) is 4.79 Å². The van der Waals surface area contributed by atoms with Crippen molar-refractivity contribution in [1.29, 1.82) is 0 Å². The van der Waals surface area contributed by atoms with Crippen LogP contribution in [0.2, 0.25) is 0 Å². The zero-order valence-electron chi connectivity index (χ0n) is 11.3. The van der Waals surface area contributed by atoms with Crippen molar-refractivity contribution < 1.29 is 4.79 Å². The molecule has 2 N–H and O–H groups in total. The highest BCUT2D eigenvalue weighted by atomic mass is 32.2. The number of carbonyl (C=O) groups is 1. The minimum absolute atomic E-state index is 0.00837. The Kier molecular flexibility index (Phi) is 5.54. The van der Waals surface area contributed by atoms with Gasteiger partial charge in [-0.1, -0.05) is 0 Å². The Bertz CT molecular complexity index is 402. The molecule has 0 unspecified atom stereocenters. The molecule has 1 fully saturated rings. The summed E-state index contributed by atoms with van der Waals surface area (Å²) in [4.78, 5) is 14.3. The number of hydrogen-bond donors (Lipinski definition) is 2. The minimum atomic E-state index is 0.00837. The largest absolute Gasteiger partial charge is 0.388 e. The van der Waals surface area contributed by atoms with Gasteiger partial charge in [-0.2, -0.15) is 11.8 Å². The van der Waals surface area contributed by atoms with E-state index < -0.39 is 0 Å². The quantitative estimate of drug-likeness (QED) is 0.857. The fraction of sp³-hybridized carbons (Fsp3) is 0.500. The third-order valence-electron chi connectivity index (χ3n) is 3.25. The molecule has 1 saturated heterocycles. The molecule has 1 aliphatic rings.